The summed E-state index contributed by atoms with van der Waals surface area (Å²) in [6.45, 7) is 0. The molecule has 0 aliphatic carbocycles. The number of nitrogens with one attached hydrogen (secondary N) is 1. The van der Waals surface area contributed by atoms with Crippen LogP contribution in [0.25, 0.3) is 0 Å². The minimum absolute atomic E-state index is 0.0213. The molecular formula is C10H13BrN2O2S2. The molecule has 1 saturated heterocycles. The molecule has 1 unspecified atom stereocenters. The normalized spacial score (nSPS) is 20.6. The maximum absolute atomic E-state index is 12.1. The van der Waals surface area contributed by atoms with Gasteiger partial charge < -0.3 is 5.73 Å². The SMILES string of the molecule is Nc1cc(Br)ccc1S(=O)(=O)NC1CCSC1. The molecule has 1 heterocycles. The van der Waals surface area contributed by atoms with Crippen molar-refractivity contribution >= 4 is 43.4 Å². The molecule has 1 aliphatic rings. The van der Waals surface area contributed by atoms with E-state index in [1.807, 2.05) is 0 Å². The van der Waals surface area contributed by atoms with Crippen molar-refractivity contribution in [3.05, 3.63) is 22.7 Å². The van der Waals surface area contributed by atoms with Gasteiger partial charge >= 0.3 is 0 Å². The third kappa shape index (κ3) is 3.15. The molecular weight excluding hydrogens is 324 g/mol. The number of sulfonamides is 1. The Labute approximate surface area is 114 Å². The van der Waals surface area contributed by atoms with Gasteiger partial charge in [0.1, 0.15) is 4.90 Å². The highest BCUT2D eigenvalue weighted by Gasteiger charge is 2.24. The van der Waals surface area contributed by atoms with Crippen molar-refractivity contribution in [2.75, 3.05) is 17.2 Å². The Kier molecular flexibility index (Phi) is 4.02. The Morgan fingerprint density at radius 1 is 1.47 bits per heavy atom. The summed E-state index contributed by atoms with van der Waals surface area (Å²) in [5.74, 6) is 1.83. The van der Waals surface area contributed by atoms with Crippen LogP contribution in [-0.4, -0.2) is 26.0 Å². The number of halogens is 1. The quantitative estimate of drug-likeness (QED) is 0.826. The summed E-state index contributed by atoms with van der Waals surface area (Å²) < 4.78 is 27.7. The highest BCUT2D eigenvalue weighted by atomic mass is 79.9. The van der Waals surface area contributed by atoms with Gasteiger partial charge in [-0.15, -0.1) is 0 Å². The monoisotopic (exact) mass is 336 g/mol. The molecule has 1 atom stereocenters. The Hall–Kier alpha value is -0.240. The predicted molar refractivity (Wildman–Crippen MR) is 74.6 cm³/mol. The summed E-state index contributed by atoms with van der Waals surface area (Å²) in [6.07, 6.45) is 0.875. The third-order valence-corrected chi connectivity index (χ3v) is 5.76. The number of benzene rings is 1. The van der Waals surface area contributed by atoms with Crippen LogP contribution in [0.4, 0.5) is 5.69 Å². The number of nitrogens with two attached hydrogens (primary N) is 1. The summed E-state index contributed by atoms with van der Waals surface area (Å²) in [6, 6.07) is 4.81. The van der Waals surface area contributed by atoms with Crippen LogP contribution in [0.15, 0.2) is 27.6 Å². The molecule has 7 heteroatoms. The van der Waals surface area contributed by atoms with Crippen LogP contribution in [0.1, 0.15) is 6.42 Å². The molecule has 94 valence electrons. The molecule has 1 aliphatic heterocycles. The lowest BCUT2D eigenvalue weighted by Gasteiger charge is -2.13. The molecule has 0 radical (unpaired) electrons. The summed E-state index contributed by atoms with van der Waals surface area (Å²) in [5, 5.41) is 0. The molecule has 3 N–H and O–H groups in total. The number of nitrogen functional groups attached to an aromatic ring is 1. The minimum atomic E-state index is -3.50. The lowest BCUT2D eigenvalue weighted by molar-refractivity contribution is 0.563. The van der Waals surface area contributed by atoms with Gasteiger partial charge in [0.15, 0.2) is 0 Å². The predicted octanol–water partition coefficient (Wildman–Crippen LogP) is 1.82. The van der Waals surface area contributed by atoms with E-state index in [0.717, 1.165) is 22.4 Å². The zero-order valence-corrected chi connectivity index (χ0v) is 12.2. The van der Waals surface area contributed by atoms with Gasteiger partial charge in [-0.1, -0.05) is 15.9 Å². The Morgan fingerprint density at radius 3 is 2.82 bits per heavy atom. The lowest BCUT2D eigenvalue weighted by Crippen LogP contribution is -2.34. The van der Waals surface area contributed by atoms with E-state index in [2.05, 4.69) is 20.7 Å². The van der Waals surface area contributed by atoms with Crippen LogP contribution < -0.4 is 10.5 Å². The van der Waals surface area contributed by atoms with Gasteiger partial charge in [0.2, 0.25) is 10.0 Å². The lowest BCUT2D eigenvalue weighted by atomic mass is 10.3. The highest BCUT2D eigenvalue weighted by molar-refractivity contribution is 9.10. The zero-order chi connectivity index (χ0) is 12.5. The van der Waals surface area contributed by atoms with Gasteiger partial charge in [-0.25, -0.2) is 13.1 Å². The molecule has 0 aromatic heterocycles. The topological polar surface area (TPSA) is 72.2 Å². The highest BCUT2D eigenvalue weighted by Crippen LogP contribution is 2.24. The second-order valence-corrected chi connectivity index (χ2v) is 7.61. The first-order chi connectivity index (χ1) is 7.99. The Bertz CT molecular complexity index is 513. The Morgan fingerprint density at radius 2 is 2.24 bits per heavy atom. The average Bonchev–Trinajstić information content (AvgIpc) is 2.68. The largest absolute Gasteiger partial charge is 0.398 e. The van der Waals surface area contributed by atoms with Crippen LogP contribution in [0.5, 0.6) is 0 Å². The standard InChI is InChI=1S/C10H13BrN2O2S2/c11-7-1-2-10(9(12)5-7)17(14,15)13-8-3-4-16-6-8/h1-2,5,8,13H,3-4,6,12H2. The number of rotatable bonds is 3. The van der Waals surface area contributed by atoms with Gasteiger partial charge in [0.05, 0.1) is 5.69 Å². The van der Waals surface area contributed by atoms with Crippen LogP contribution in [0.3, 0.4) is 0 Å². The third-order valence-electron chi connectivity index (χ3n) is 2.51. The van der Waals surface area contributed by atoms with E-state index >= 15 is 0 Å². The van der Waals surface area contributed by atoms with Crippen molar-refractivity contribution in [1.82, 2.24) is 4.72 Å². The summed E-state index contributed by atoms with van der Waals surface area (Å²) in [4.78, 5) is 0.151. The molecule has 1 aromatic rings. The number of thioether (sulfide) groups is 1. The smallest absolute Gasteiger partial charge is 0.242 e. The van der Waals surface area contributed by atoms with Crippen molar-refractivity contribution in [3.8, 4) is 0 Å². The first-order valence-corrected chi connectivity index (χ1v) is 8.57. The fourth-order valence-corrected chi connectivity index (χ4v) is 4.69. The maximum atomic E-state index is 12.1. The number of hydrogen-bond donors (Lipinski definition) is 2. The zero-order valence-electron chi connectivity index (χ0n) is 9.02. The van der Waals surface area contributed by atoms with E-state index in [-0.39, 0.29) is 16.6 Å². The molecule has 0 saturated carbocycles. The average molecular weight is 337 g/mol. The molecule has 4 nitrogen and oxygen atoms in total. The van der Waals surface area contributed by atoms with Crippen molar-refractivity contribution in [2.45, 2.75) is 17.4 Å². The van der Waals surface area contributed by atoms with Crippen LogP contribution in [-0.2, 0) is 10.0 Å². The van der Waals surface area contributed by atoms with Gasteiger partial charge in [-0.05, 0) is 30.4 Å². The van der Waals surface area contributed by atoms with Crippen molar-refractivity contribution < 1.29 is 8.42 Å². The molecule has 0 spiro atoms. The van der Waals surface area contributed by atoms with E-state index in [4.69, 9.17) is 5.73 Å². The van der Waals surface area contributed by atoms with Crippen molar-refractivity contribution in [3.63, 3.8) is 0 Å². The summed E-state index contributed by atoms with van der Waals surface area (Å²) in [7, 11) is -3.50. The fraction of sp³-hybridized carbons (Fsp3) is 0.400. The number of anilines is 1. The van der Waals surface area contributed by atoms with Crippen molar-refractivity contribution in [2.24, 2.45) is 0 Å². The molecule has 17 heavy (non-hydrogen) atoms. The van der Waals surface area contributed by atoms with Crippen LogP contribution >= 0.6 is 27.7 Å². The maximum Gasteiger partial charge on any atom is 0.242 e. The van der Waals surface area contributed by atoms with Gasteiger partial charge in [0, 0.05) is 16.3 Å². The van der Waals surface area contributed by atoms with E-state index in [1.54, 1.807) is 23.9 Å². The van der Waals surface area contributed by atoms with Gasteiger partial charge in [-0.2, -0.15) is 11.8 Å². The van der Waals surface area contributed by atoms with E-state index in [1.165, 1.54) is 6.07 Å². The number of hydrogen-bond acceptors (Lipinski definition) is 4. The molecule has 1 fully saturated rings. The van der Waals surface area contributed by atoms with E-state index in [0.29, 0.717) is 0 Å². The second-order valence-electron chi connectivity index (χ2n) is 3.86. The van der Waals surface area contributed by atoms with Gasteiger partial charge in [-0.3, -0.25) is 0 Å². The second kappa shape index (κ2) is 5.17. The first kappa shape index (κ1) is 13.2. The Balaban J connectivity index is 2.24. The molecule has 0 bridgehead atoms. The summed E-state index contributed by atoms with van der Waals surface area (Å²) >= 11 is 5.01. The van der Waals surface area contributed by atoms with E-state index in [9.17, 15) is 8.42 Å². The van der Waals surface area contributed by atoms with Crippen molar-refractivity contribution in [1.29, 1.82) is 0 Å². The molecule has 0 amide bonds. The van der Waals surface area contributed by atoms with E-state index < -0.39 is 10.0 Å². The molecule has 2 rings (SSSR count). The van der Waals surface area contributed by atoms with Crippen LogP contribution in [0, 0.1) is 0 Å². The van der Waals surface area contributed by atoms with Gasteiger partial charge in [0.25, 0.3) is 0 Å². The minimum Gasteiger partial charge on any atom is -0.398 e. The first-order valence-electron chi connectivity index (χ1n) is 5.14. The molecule has 1 aromatic carbocycles. The summed E-state index contributed by atoms with van der Waals surface area (Å²) in [5.41, 5.74) is 5.99. The van der Waals surface area contributed by atoms with Crippen LogP contribution in [0.2, 0.25) is 0 Å². The fourth-order valence-electron chi connectivity index (χ4n) is 1.67.